The average Bonchev–Trinajstić information content (AvgIpc) is 3.02. The number of carbonyl (C=O) groups excluding carboxylic acids is 2. The monoisotopic (exact) mass is 599 g/mol. The van der Waals surface area contributed by atoms with Crippen LogP contribution < -0.4 is 0 Å². The van der Waals surface area contributed by atoms with E-state index in [1.165, 1.54) is 26.2 Å². The highest BCUT2D eigenvalue weighted by Gasteiger charge is 2.52. The number of hydrogen-bond acceptors (Lipinski definition) is 11. The number of ether oxygens (including phenoxy) is 6. The highest BCUT2D eigenvalue weighted by molar-refractivity contribution is 5.89. The van der Waals surface area contributed by atoms with Gasteiger partial charge in [0.15, 0.2) is 24.8 Å². The molecule has 43 heavy (non-hydrogen) atoms. The van der Waals surface area contributed by atoms with Crippen LogP contribution in [0.15, 0.2) is 65.8 Å². The molecule has 0 spiro atoms. The summed E-state index contributed by atoms with van der Waals surface area (Å²) < 4.78 is 34.6. The Kier molecular flexibility index (Phi) is 10.7. The minimum atomic E-state index is -1.71. The smallest absolute Gasteiger partial charge is 0.338 e. The van der Waals surface area contributed by atoms with Crippen LogP contribution in [0.4, 0.5) is 0 Å². The first-order valence-electron chi connectivity index (χ1n) is 13.6. The minimum Gasteiger partial charge on any atom is -0.479 e. The first-order valence-corrected chi connectivity index (χ1v) is 13.6. The molecule has 14 nitrogen and oxygen atoms in total. The van der Waals surface area contributed by atoms with Gasteiger partial charge in [-0.1, -0.05) is 55.4 Å². The van der Waals surface area contributed by atoms with Gasteiger partial charge in [-0.3, -0.25) is 0 Å². The fourth-order valence-corrected chi connectivity index (χ4v) is 5.10. The fraction of sp³-hybridized carbons (Fsp3) is 0.483. The van der Waals surface area contributed by atoms with E-state index in [0.717, 1.165) is 0 Å². The molecule has 10 atom stereocenters. The van der Waals surface area contributed by atoms with E-state index in [9.17, 15) is 30.1 Å². The maximum atomic E-state index is 13.0. The van der Waals surface area contributed by atoms with E-state index in [0.29, 0.717) is 5.56 Å². The summed E-state index contributed by atoms with van der Waals surface area (Å²) in [5, 5.41) is 24.2. The van der Waals surface area contributed by atoms with Crippen molar-refractivity contribution in [3.05, 3.63) is 82.2 Å². The molecule has 2 aliphatic heterocycles. The summed E-state index contributed by atoms with van der Waals surface area (Å²) in [5.41, 5.74) is 9.71. The Balaban J connectivity index is 1.63. The van der Waals surface area contributed by atoms with E-state index >= 15 is 0 Å². The number of benzene rings is 2. The van der Waals surface area contributed by atoms with E-state index in [1.54, 1.807) is 55.5 Å². The van der Waals surface area contributed by atoms with Gasteiger partial charge < -0.3 is 38.6 Å². The van der Waals surface area contributed by atoms with E-state index in [1.807, 2.05) is 0 Å². The molecule has 14 heteroatoms. The summed E-state index contributed by atoms with van der Waals surface area (Å²) in [7, 11) is 1.36. The number of aliphatic hydroxyl groups excluding tert-OH is 1. The Morgan fingerprint density at radius 2 is 1.51 bits per heavy atom. The van der Waals surface area contributed by atoms with Gasteiger partial charge in [0.1, 0.15) is 12.7 Å². The lowest BCUT2D eigenvalue weighted by atomic mass is 9.87. The molecule has 2 aliphatic rings. The lowest BCUT2D eigenvalue weighted by molar-refractivity contribution is -0.327. The Bertz CT molecular complexity index is 1310. The van der Waals surface area contributed by atoms with Gasteiger partial charge in [-0.25, -0.2) is 14.4 Å². The topological polar surface area (TPSA) is 196 Å². The number of aliphatic carboxylic acids is 1. The Labute approximate surface area is 247 Å². The molecular weight excluding hydrogens is 566 g/mol. The number of carbonyl (C=O) groups is 3. The number of methoxy groups -OCH3 is 1. The number of azide groups is 1. The molecular formula is C29H33N3O11. The van der Waals surface area contributed by atoms with E-state index in [-0.39, 0.29) is 12.2 Å². The van der Waals surface area contributed by atoms with E-state index in [2.05, 4.69) is 10.0 Å². The molecule has 2 heterocycles. The van der Waals surface area contributed by atoms with Crippen molar-refractivity contribution in [1.29, 1.82) is 0 Å². The van der Waals surface area contributed by atoms with Crippen LogP contribution in [0.5, 0.6) is 0 Å². The molecule has 4 unspecified atom stereocenters. The number of esters is 2. The third-order valence-electron chi connectivity index (χ3n) is 7.52. The van der Waals surface area contributed by atoms with Crippen molar-refractivity contribution in [1.82, 2.24) is 0 Å². The second-order valence-electron chi connectivity index (χ2n) is 10.2. The van der Waals surface area contributed by atoms with Gasteiger partial charge >= 0.3 is 17.9 Å². The van der Waals surface area contributed by atoms with Gasteiger partial charge in [0, 0.05) is 17.9 Å². The molecule has 230 valence electrons. The molecule has 0 bridgehead atoms. The molecule has 0 aromatic heterocycles. The molecule has 0 aliphatic carbocycles. The molecule has 2 fully saturated rings. The largest absolute Gasteiger partial charge is 0.479 e. The molecule has 0 saturated carbocycles. The van der Waals surface area contributed by atoms with Gasteiger partial charge in [-0.2, -0.15) is 0 Å². The summed E-state index contributed by atoms with van der Waals surface area (Å²) in [6.45, 7) is 2.87. The van der Waals surface area contributed by atoms with Crippen LogP contribution in [0.2, 0.25) is 0 Å². The van der Waals surface area contributed by atoms with Crippen LogP contribution in [0.25, 0.3) is 10.4 Å². The number of hydrogen-bond donors (Lipinski definition) is 2. The summed E-state index contributed by atoms with van der Waals surface area (Å²) in [4.78, 5) is 40.5. The Morgan fingerprint density at radius 1 is 0.907 bits per heavy atom. The molecule has 0 amide bonds. The standard InChI is InChI=1S/C29H33N3O11/c1-15-20(31-32-30)28(38-3)40-19(14-39-26(36)17-10-6-4-7-11-17)22(15)42-29-23(16(2)21(33)24(43-29)25(34)35)41-27(37)18-12-8-5-9-13-18/h4-13,15-16,19-24,28-29,33H,14H2,1-3H3,(H,34,35)/t15-,16+,19?,20?,21+,22+,23?,24?,28+,29-/m1/s1. The van der Waals surface area contributed by atoms with Crippen molar-refractivity contribution in [3.63, 3.8) is 0 Å². The van der Waals surface area contributed by atoms with Crippen molar-refractivity contribution < 1.29 is 53.0 Å². The molecule has 2 aromatic carbocycles. The number of aliphatic hydroxyl groups is 1. The van der Waals surface area contributed by atoms with E-state index in [4.69, 9.17) is 28.4 Å². The Hall–Kier alpha value is -4.04. The SMILES string of the molecule is CO[C@H]1OC(COC(=O)c2ccccc2)[C@@H](O[C@@H]2OC(C(=O)O)[C@@H](O)[C@H](C)C2OC(=O)c2ccccc2)[C@H](C)C1N=[N+]=[N-]. The zero-order valence-corrected chi connectivity index (χ0v) is 23.7. The lowest BCUT2D eigenvalue weighted by Gasteiger charge is -2.47. The molecule has 4 rings (SSSR count). The summed E-state index contributed by atoms with van der Waals surface area (Å²) in [5.74, 6) is -4.43. The maximum Gasteiger partial charge on any atom is 0.338 e. The molecule has 2 saturated heterocycles. The number of rotatable bonds is 10. The van der Waals surface area contributed by atoms with Gasteiger partial charge in [0.2, 0.25) is 0 Å². The van der Waals surface area contributed by atoms with Crippen molar-refractivity contribution in [2.45, 2.75) is 63.0 Å². The average molecular weight is 600 g/mol. The van der Waals surface area contributed by atoms with Gasteiger partial charge in [0.25, 0.3) is 0 Å². The highest BCUT2D eigenvalue weighted by atomic mass is 16.7. The predicted octanol–water partition coefficient (Wildman–Crippen LogP) is 2.95. The third-order valence-corrected chi connectivity index (χ3v) is 7.52. The van der Waals surface area contributed by atoms with Gasteiger partial charge in [-0.15, -0.1) is 0 Å². The molecule has 2 aromatic rings. The van der Waals surface area contributed by atoms with Crippen LogP contribution in [0.3, 0.4) is 0 Å². The van der Waals surface area contributed by atoms with Crippen LogP contribution in [-0.2, 0) is 33.2 Å². The first kappa shape index (κ1) is 31.9. The van der Waals surface area contributed by atoms with Crippen molar-refractivity contribution in [3.8, 4) is 0 Å². The number of carboxylic acid groups (broad SMARTS) is 1. The van der Waals surface area contributed by atoms with Gasteiger partial charge in [-0.05, 0) is 35.7 Å². The molecule has 2 N–H and O–H groups in total. The van der Waals surface area contributed by atoms with E-state index < -0.39 is 78.9 Å². The van der Waals surface area contributed by atoms with Crippen LogP contribution in [-0.4, -0.2) is 91.0 Å². The normalized spacial score (nSPS) is 32.2. The Morgan fingerprint density at radius 3 is 2.07 bits per heavy atom. The second-order valence-corrected chi connectivity index (χ2v) is 10.2. The van der Waals surface area contributed by atoms with Crippen molar-refractivity contribution in [2.24, 2.45) is 17.0 Å². The summed E-state index contributed by atoms with van der Waals surface area (Å²) in [6, 6.07) is 15.4. The fourth-order valence-electron chi connectivity index (χ4n) is 5.10. The quantitative estimate of drug-likeness (QED) is 0.176. The maximum absolute atomic E-state index is 13.0. The highest BCUT2D eigenvalue weighted by Crippen LogP contribution is 2.36. The lowest BCUT2D eigenvalue weighted by Crippen LogP contribution is -2.62. The van der Waals surface area contributed by atoms with Crippen molar-refractivity contribution in [2.75, 3.05) is 13.7 Å². The van der Waals surface area contributed by atoms with Gasteiger partial charge in [0.05, 0.1) is 29.4 Å². The van der Waals surface area contributed by atoms with Crippen LogP contribution >= 0.6 is 0 Å². The molecule has 0 radical (unpaired) electrons. The second kappa shape index (κ2) is 14.4. The number of carboxylic acids is 1. The predicted molar refractivity (Wildman–Crippen MR) is 146 cm³/mol. The number of nitrogens with zero attached hydrogens (tertiary/aromatic N) is 3. The van der Waals surface area contributed by atoms with Crippen LogP contribution in [0, 0.1) is 11.8 Å². The zero-order chi connectivity index (χ0) is 31.1. The van der Waals surface area contributed by atoms with Crippen molar-refractivity contribution >= 4 is 17.9 Å². The zero-order valence-electron chi connectivity index (χ0n) is 23.7. The minimum absolute atomic E-state index is 0.217. The first-order chi connectivity index (χ1) is 20.7. The summed E-state index contributed by atoms with van der Waals surface area (Å²) >= 11 is 0. The summed E-state index contributed by atoms with van der Waals surface area (Å²) in [6.07, 6.45) is -9.12. The van der Waals surface area contributed by atoms with Crippen LogP contribution in [0.1, 0.15) is 34.6 Å². The third kappa shape index (κ3) is 7.31.